The number of benzene rings is 1. The first-order valence-electron chi connectivity index (χ1n) is 7.13. The molecule has 0 saturated heterocycles. The topological polar surface area (TPSA) is 117 Å². The Bertz CT molecular complexity index is 822. The van der Waals surface area contributed by atoms with Crippen molar-refractivity contribution in [2.75, 3.05) is 24.7 Å². The van der Waals surface area contributed by atoms with Gasteiger partial charge in [-0.05, 0) is 18.2 Å². The van der Waals surface area contributed by atoms with Gasteiger partial charge in [0.15, 0.2) is 5.84 Å². The Labute approximate surface area is 152 Å². The van der Waals surface area contributed by atoms with Gasteiger partial charge in [-0.25, -0.2) is 15.9 Å². The van der Waals surface area contributed by atoms with Gasteiger partial charge in [0, 0.05) is 25.9 Å². The minimum atomic E-state index is -4.57. The van der Waals surface area contributed by atoms with Crippen molar-refractivity contribution in [1.29, 1.82) is 0 Å². The highest BCUT2D eigenvalue weighted by Crippen LogP contribution is 2.34. The average Bonchev–Trinajstić information content (AvgIpc) is 2.54. The molecule has 12 heteroatoms. The minimum Gasteiger partial charge on any atom is -0.382 e. The third kappa shape index (κ3) is 4.64. The van der Waals surface area contributed by atoms with Crippen LogP contribution in [0.2, 0.25) is 5.02 Å². The number of alkyl halides is 3. The van der Waals surface area contributed by atoms with E-state index in [0.29, 0.717) is 17.4 Å². The molecule has 0 spiro atoms. The number of anilines is 3. The zero-order valence-electron chi connectivity index (χ0n) is 13.8. The molecule has 0 bridgehead atoms. The Morgan fingerprint density at radius 3 is 2.58 bits per heavy atom. The summed E-state index contributed by atoms with van der Waals surface area (Å²) >= 11 is 6.17. The summed E-state index contributed by atoms with van der Waals surface area (Å²) in [5.74, 6) is 5.12. The third-order valence-corrected chi connectivity index (χ3v) is 3.42. The van der Waals surface area contributed by atoms with Gasteiger partial charge in [-0.3, -0.25) is 0 Å². The summed E-state index contributed by atoms with van der Waals surface area (Å²) in [5, 5.41) is 10.3. The molecule has 0 aliphatic rings. The number of halogens is 4. The Kier molecular flexibility index (Phi) is 5.73. The van der Waals surface area contributed by atoms with Crippen molar-refractivity contribution < 1.29 is 13.2 Å². The van der Waals surface area contributed by atoms with Gasteiger partial charge in [-0.2, -0.15) is 18.2 Å². The fourth-order valence-electron chi connectivity index (χ4n) is 1.96. The second-order valence-electron chi connectivity index (χ2n) is 5.08. The van der Waals surface area contributed by atoms with Crippen LogP contribution in [0, 0.1) is 0 Å². The quantitative estimate of drug-likeness (QED) is 0.269. The summed E-state index contributed by atoms with van der Waals surface area (Å²) in [7, 11) is 2.84. The summed E-state index contributed by atoms with van der Waals surface area (Å²) in [5.41, 5.74) is 5.70. The minimum absolute atomic E-state index is 0.0552. The van der Waals surface area contributed by atoms with E-state index in [9.17, 15) is 13.2 Å². The number of nitrogens with zero attached hydrogens (tertiary/aromatic N) is 4. The van der Waals surface area contributed by atoms with Crippen LogP contribution < -0.4 is 22.2 Å². The molecule has 2 rings (SSSR count). The van der Waals surface area contributed by atoms with E-state index >= 15 is 0 Å². The normalized spacial score (nSPS) is 12.0. The molecular weight excluding hydrogens is 373 g/mol. The van der Waals surface area contributed by atoms with Gasteiger partial charge >= 0.3 is 6.18 Å². The smallest absolute Gasteiger partial charge is 0.382 e. The lowest BCUT2D eigenvalue weighted by molar-refractivity contribution is -0.137. The number of nitrogens with two attached hydrogens (primary N) is 2. The Morgan fingerprint density at radius 2 is 2.04 bits per heavy atom. The van der Waals surface area contributed by atoms with E-state index in [-0.39, 0.29) is 22.6 Å². The molecule has 0 fully saturated rings. The summed E-state index contributed by atoms with van der Waals surface area (Å²) in [6.07, 6.45) is -3.88. The summed E-state index contributed by atoms with van der Waals surface area (Å²) in [4.78, 5) is 7.48. The Morgan fingerprint density at radius 1 is 1.35 bits per heavy atom. The number of aromatic nitrogens is 2. The van der Waals surface area contributed by atoms with Gasteiger partial charge < -0.3 is 16.4 Å². The van der Waals surface area contributed by atoms with E-state index in [1.165, 1.54) is 20.2 Å². The summed E-state index contributed by atoms with van der Waals surface area (Å²) in [6, 6.07) is 4.70. The van der Waals surface area contributed by atoms with Crippen LogP contribution in [-0.4, -0.2) is 35.0 Å². The maximum absolute atomic E-state index is 12.9. The summed E-state index contributed by atoms with van der Waals surface area (Å²) < 4.78 is 38.6. The van der Waals surface area contributed by atoms with Gasteiger partial charge in [0.2, 0.25) is 5.95 Å². The molecule has 0 saturated carbocycles. The number of rotatable bonds is 5. The monoisotopic (exact) mass is 388 g/mol. The molecule has 8 nitrogen and oxygen atoms in total. The van der Waals surface area contributed by atoms with Crippen LogP contribution in [0.5, 0.6) is 0 Å². The van der Waals surface area contributed by atoms with Crippen LogP contribution in [0.15, 0.2) is 29.5 Å². The van der Waals surface area contributed by atoms with Crippen molar-refractivity contribution >= 4 is 34.9 Å². The number of hydrazine groups is 1. The number of hydrogen-bond acceptors (Lipinski definition) is 7. The van der Waals surface area contributed by atoms with Crippen LogP contribution in [0.1, 0.15) is 11.1 Å². The van der Waals surface area contributed by atoms with Crippen LogP contribution in [0.25, 0.3) is 0 Å². The zero-order valence-corrected chi connectivity index (χ0v) is 14.5. The molecule has 0 aliphatic heterocycles. The molecule has 2 aromatic rings. The highest BCUT2D eigenvalue weighted by atomic mass is 35.5. The Hall–Kier alpha value is -2.79. The van der Waals surface area contributed by atoms with Crippen LogP contribution in [0.4, 0.5) is 30.6 Å². The van der Waals surface area contributed by atoms with Crippen LogP contribution in [-0.2, 0) is 6.18 Å². The highest BCUT2D eigenvalue weighted by Gasteiger charge is 2.35. The lowest BCUT2D eigenvalue weighted by atomic mass is 10.2. The van der Waals surface area contributed by atoms with Gasteiger partial charge in [-0.1, -0.05) is 11.6 Å². The molecule has 26 heavy (non-hydrogen) atoms. The van der Waals surface area contributed by atoms with E-state index in [1.54, 1.807) is 12.1 Å². The first kappa shape index (κ1) is 19.5. The second kappa shape index (κ2) is 7.62. The van der Waals surface area contributed by atoms with Crippen LogP contribution in [0.3, 0.4) is 0 Å². The molecule has 6 N–H and O–H groups in total. The fourth-order valence-corrected chi connectivity index (χ4v) is 2.19. The van der Waals surface area contributed by atoms with Crippen molar-refractivity contribution in [1.82, 2.24) is 15.1 Å². The van der Waals surface area contributed by atoms with Crippen molar-refractivity contribution in [2.45, 2.75) is 6.18 Å². The molecule has 0 radical (unpaired) electrons. The van der Waals surface area contributed by atoms with E-state index < -0.39 is 11.7 Å². The van der Waals surface area contributed by atoms with Gasteiger partial charge in [0.25, 0.3) is 0 Å². The standard InChI is InChI=1S/C14H16ClF3N8/c1-21-12-8(14(16,17)18)6-22-13(24-12)23-10-4-3-7(5-9(10)15)11(19)25-26(2)20/h3-6H,20H2,1-2H3,(H2,19,25)(H2,21,22,23,24). The maximum atomic E-state index is 12.9. The predicted molar refractivity (Wildman–Crippen MR) is 94.0 cm³/mol. The first-order valence-corrected chi connectivity index (χ1v) is 7.51. The fraction of sp³-hybridized carbons (Fsp3) is 0.214. The highest BCUT2D eigenvalue weighted by molar-refractivity contribution is 6.33. The zero-order chi connectivity index (χ0) is 19.5. The maximum Gasteiger partial charge on any atom is 0.421 e. The van der Waals surface area contributed by atoms with E-state index in [1.807, 2.05) is 0 Å². The third-order valence-electron chi connectivity index (χ3n) is 3.11. The lowest BCUT2D eigenvalue weighted by Gasteiger charge is -2.14. The van der Waals surface area contributed by atoms with E-state index in [4.69, 9.17) is 23.2 Å². The number of hydrazone groups is 1. The van der Waals surface area contributed by atoms with Crippen LogP contribution >= 0.6 is 11.6 Å². The lowest BCUT2D eigenvalue weighted by Crippen LogP contribution is -2.25. The summed E-state index contributed by atoms with van der Waals surface area (Å²) in [6.45, 7) is 0. The molecule has 140 valence electrons. The molecule has 0 atom stereocenters. The van der Waals surface area contributed by atoms with E-state index in [2.05, 4.69) is 25.7 Å². The van der Waals surface area contributed by atoms with Crippen molar-refractivity contribution in [3.05, 3.63) is 40.5 Å². The molecular formula is C14H16ClF3N8. The molecule has 0 amide bonds. The largest absolute Gasteiger partial charge is 0.421 e. The average molecular weight is 389 g/mol. The van der Waals surface area contributed by atoms with Gasteiger partial charge in [0.05, 0.1) is 10.7 Å². The van der Waals surface area contributed by atoms with Crippen molar-refractivity contribution in [2.24, 2.45) is 16.7 Å². The molecule has 1 aromatic heterocycles. The Balaban J connectivity index is 2.29. The molecule has 1 heterocycles. The predicted octanol–water partition coefficient (Wildman–Crippen LogP) is 2.36. The SMILES string of the molecule is CNc1nc(Nc2ccc(/C(N)=N/N(C)N)cc2Cl)ncc1C(F)(F)F. The van der Waals surface area contributed by atoms with E-state index in [0.717, 1.165) is 5.12 Å². The van der Waals surface area contributed by atoms with Gasteiger partial charge in [-0.15, -0.1) is 5.10 Å². The number of hydrogen-bond donors (Lipinski definition) is 4. The second-order valence-corrected chi connectivity index (χ2v) is 5.49. The molecule has 0 aliphatic carbocycles. The van der Waals surface area contributed by atoms with Crippen molar-refractivity contribution in [3.63, 3.8) is 0 Å². The molecule has 1 aromatic carbocycles. The van der Waals surface area contributed by atoms with Crippen molar-refractivity contribution in [3.8, 4) is 0 Å². The first-order chi connectivity index (χ1) is 12.1. The number of nitrogens with one attached hydrogen (secondary N) is 2. The number of amidine groups is 1. The molecule has 0 unspecified atom stereocenters. The van der Waals surface area contributed by atoms with Gasteiger partial charge in [0.1, 0.15) is 11.4 Å².